The number of hydrogen-bond acceptors (Lipinski definition) is 3. The summed E-state index contributed by atoms with van der Waals surface area (Å²) < 4.78 is 0. The zero-order chi connectivity index (χ0) is 25.9. The molecule has 0 saturated heterocycles. The molecule has 190 valence electrons. The first-order valence-electron chi connectivity index (χ1n) is 11.7. The average Bonchev–Trinajstić information content (AvgIpc) is 2.86. The summed E-state index contributed by atoms with van der Waals surface area (Å²) in [5.41, 5.74) is 2.74. The lowest BCUT2D eigenvalue weighted by atomic mass is 10.0. The van der Waals surface area contributed by atoms with E-state index in [1.807, 2.05) is 61.5 Å². The van der Waals surface area contributed by atoms with Crippen molar-refractivity contribution in [1.29, 1.82) is 0 Å². The van der Waals surface area contributed by atoms with Crippen LogP contribution in [-0.2, 0) is 28.3 Å². The van der Waals surface area contributed by atoms with Crippen LogP contribution >= 0.6 is 46.6 Å². The molecule has 0 fully saturated rings. The summed E-state index contributed by atoms with van der Waals surface area (Å²) in [7, 11) is 0. The fourth-order valence-electron chi connectivity index (χ4n) is 3.72. The molecule has 1 atom stereocenters. The van der Waals surface area contributed by atoms with Crippen LogP contribution in [0.1, 0.15) is 30.0 Å². The van der Waals surface area contributed by atoms with Gasteiger partial charge in [0.15, 0.2) is 0 Å². The van der Waals surface area contributed by atoms with E-state index in [1.165, 1.54) is 11.8 Å². The van der Waals surface area contributed by atoms with Gasteiger partial charge >= 0.3 is 0 Å². The second kappa shape index (κ2) is 14.5. The number of benzene rings is 3. The van der Waals surface area contributed by atoms with E-state index in [1.54, 1.807) is 23.1 Å². The quantitative estimate of drug-likeness (QED) is 0.257. The molecule has 0 aliphatic rings. The first kappa shape index (κ1) is 28.4. The minimum atomic E-state index is -0.690. The number of nitrogens with one attached hydrogen (secondary N) is 1. The molecule has 3 aromatic rings. The lowest BCUT2D eigenvalue weighted by Gasteiger charge is -2.32. The zero-order valence-electron chi connectivity index (χ0n) is 20.1. The van der Waals surface area contributed by atoms with Gasteiger partial charge in [-0.2, -0.15) is 0 Å². The predicted octanol–water partition coefficient (Wildman–Crippen LogP) is 7.05. The van der Waals surface area contributed by atoms with Crippen LogP contribution in [0.15, 0.2) is 72.8 Å². The van der Waals surface area contributed by atoms with Crippen LogP contribution in [0, 0.1) is 0 Å². The Kier molecular flexibility index (Phi) is 11.5. The van der Waals surface area contributed by atoms with Crippen LogP contribution in [0.3, 0.4) is 0 Å². The third-order valence-corrected chi connectivity index (χ3v) is 7.37. The molecule has 3 aromatic carbocycles. The van der Waals surface area contributed by atoms with Gasteiger partial charge in [0.05, 0.1) is 5.75 Å². The van der Waals surface area contributed by atoms with E-state index in [0.717, 1.165) is 23.1 Å². The Hall–Kier alpha value is -2.18. The largest absolute Gasteiger partial charge is 0.354 e. The van der Waals surface area contributed by atoms with Crippen molar-refractivity contribution in [3.8, 4) is 0 Å². The summed E-state index contributed by atoms with van der Waals surface area (Å²) in [6, 6.07) is 21.8. The monoisotopic (exact) mass is 562 g/mol. The molecule has 8 heteroatoms. The number of carbonyl (C=O) groups excluding carboxylic acids is 2. The second-order valence-corrected chi connectivity index (χ2v) is 10.6. The van der Waals surface area contributed by atoms with Crippen molar-refractivity contribution in [2.45, 2.75) is 38.1 Å². The van der Waals surface area contributed by atoms with Gasteiger partial charge in [0, 0.05) is 40.3 Å². The summed E-state index contributed by atoms with van der Waals surface area (Å²) in [4.78, 5) is 28.6. The van der Waals surface area contributed by atoms with E-state index >= 15 is 0 Å². The summed E-state index contributed by atoms with van der Waals surface area (Å²) in [6.07, 6.45) is 1.20. The molecule has 2 amide bonds. The molecular weight excluding hydrogens is 535 g/mol. The minimum absolute atomic E-state index is 0.138. The predicted molar refractivity (Wildman–Crippen MR) is 152 cm³/mol. The molecule has 1 N–H and O–H groups in total. The van der Waals surface area contributed by atoms with Gasteiger partial charge < -0.3 is 10.2 Å². The van der Waals surface area contributed by atoms with E-state index < -0.39 is 6.04 Å². The average molecular weight is 564 g/mol. The first-order valence-corrected chi connectivity index (χ1v) is 14.0. The minimum Gasteiger partial charge on any atom is -0.354 e. The SMILES string of the molecule is CCCNC(=O)[C@@H](Cc1ccccc1)N(Cc1ccc(Cl)cc1Cl)C(=O)CSCc1cccc(Cl)c1. The summed E-state index contributed by atoms with van der Waals surface area (Å²) in [5.74, 6) is 0.525. The Morgan fingerprint density at radius 3 is 2.33 bits per heavy atom. The number of amides is 2. The van der Waals surface area contributed by atoms with Crippen molar-refractivity contribution >= 4 is 58.4 Å². The van der Waals surface area contributed by atoms with Crippen LogP contribution in [0.25, 0.3) is 0 Å². The smallest absolute Gasteiger partial charge is 0.243 e. The van der Waals surface area contributed by atoms with Gasteiger partial charge in [0.1, 0.15) is 6.04 Å². The van der Waals surface area contributed by atoms with Gasteiger partial charge in [0.2, 0.25) is 11.8 Å². The van der Waals surface area contributed by atoms with Crippen molar-refractivity contribution < 1.29 is 9.59 Å². The molecule has 0 aliphatic heterocycles. The highest BCUT2D eigenvalue weighted by molar-refractivity contribution is 7.99. The molecule has 0 bridgehead atoms. The molecule has 3 rings (SSSR count). The molecular formula is C28H29Cl3N2O2S. The number of halogens is 3. The van der Waals surface area contributed by atoms with Gasteiger partial charge in [0.25, 0.3) is 0 Å². The van der Waals surface area contributed by atoms with Crippen LogP contribution in [0.5, 0.6) is 0 Å². The molecule has 0 saturated carbocycles. The number of rotatable bonds is 12. The maximum Gasteiger partial charge on any atom is 0.243 e. The second-order valence-electron chi connectivity index (χ2n) is 8.38. The van der Waals surface area contributed by atoms with Gasteiger partial charge in [-0.1, -0.05) is 90.3 Å². The Morgan fingerprint density at radius 1 is 0.917 bits per heavy atom. The Labute approximate surface area is 232 Å². The van der Waals surface area contributed by atoms with E-state index in [2.05, 4.69) is 5.32 Å². The fourth-order valence-corrected chi connectivity index (χ4v) is 5.26. The molecule has 4 nitrogen and oxygen atoms in total. The fraction of sp³-hybridized carbons (Fsp3) is 0.286. The van der Waals surface area contributed by atoms with Gasteiger partial charge in [-0.3, -0.25) is 9.59 Å². The number of hydrogen-bond donors (Lipinski definition) is 1. The molecule has 0 radical (unpaired) electrons. The van der Waals surface area contributed by atoms with Crippen molar-refractivity contribution in [3.63, 3.8) is 0 Å². The Morgan fingerprint density at radius 2 is 1.64 bits per heavy atom. The van der Waals surface area contributed by atoms with Crippen molar-refractivity contribution in [2.75, 3.05) is 12.3 Å². The van der Waals surface area contributed by atoms with Crippen LogP contribution in [0.4, 0.5) is 0 Å². The topological polar surface area (TPSA) is 49.4 Å². The standard InChI is InChI=1S/C28H29Cl3N2O2S/c1-2-13-32-28(35)26(15-20-7-4-3-5-8-20)33(17-22-11-12-24(30)16-25(22)31)27(34)19-36-18-21-9-6-10-23(29)14-21/h3-12,14,16,26H,2,13,15,17-19H2,1H3,(H,32,35)/t26-/m1/s1. The van der Waals surface area contributed by atoms with E-state index in [0.29, 0.717) is 33.8 Å². The highest BCUT2D eigenvalue weighted by Gasteiger charge is 2.30. The van der Waals surface area contributed by atoms with Crippen LogP contribution < -0.4 is 5.32 Å². The lowest BCUT2D eigenvalue weighted by molar-refractivity contribution is -0.139. The molecule has 36 heavy (non-hydrogen) atoms. The maximum atomic E-state index is 13.6. The molecule has 0 unspecified atom stereocenters. The summed E-state index contributed by atoms with van der Waals surface area (Å²) in [5, 5.41) is 4.61. The first-order chi connectivity index (χ1) is 17.4. The Balaban J connectivity index is 1.86. The van der Waals surface area contributed by atoms with Gasteiger partial charge in [-0.25, -0.2) is 0 Å². The number of nitrogens with zero attached hydrogens (tertiary/aromatic N) is 1. The zero-order valence-corrected chi connectivity index (χ0v) is 23.1. The number of carbonyl (C=O) groups is 2. The van der Waals surface area contributed by atoms with Crippen molar-refractivity contribution in [2.24, 2.45) is 0 Å². The van der Waals surface area contributed by atoms with Crippen LogP contribution in [-0.4, -0.2) is 35.1 Å². The highest BCUT2D eigenvalue weighted by Crippen LogP contribution is 2.25. The number of thioether (sulfide) groups is 1. The molecule has 0 aliphatic carbocycles. The molecule has 0 heterocycles. The lowest BCUT2D eigenvalue weighted by Crippen LogP contribution is -2.51. The van der Waals surface area contributed by atoms with E-state index in [-0.39, 0.29) is 24.1 Å². The van der Waals surface area contributed by atoms with E-state index in [4.69, 9.17) is 34.8 Å². The van der Waals surface area contributed by atoms with Crippen molar-refractivity contribution in [3.05, 3.63) is 105 Å². The molecule has 0 spiro atoms. The Bertz CT molecular complexity index is 1160. The maximum absolute atomic E-state index is 13.6. The molecule has 0 aromatic heterocycles. The highest BCUT2D eigenvalue weighted by atomic mass is 35.5. The van der Waals surface area contributed by atoms with Crippen LogP contribution in [0.2, 0.25) is 15.1 Å². The van der Waals surface area contributed by atoms with Gasteiger partial charge in [-0.15, -0.1) is 11.8 Å². The van der Waals surface area contributed by atoms with Crippen molar-refractivity contribution in [1.82, 2.24) is 10.2 Å². The normalized spacial score (nSPS) is 11.7. The third kappa shape index (κ3) is 8.74. The summed E-state index contributed by atoms with van der Waals surface area (Å²) in [6.45, 7) is 2.73. The van der Waals surface area contributed by atoms with E-state index in [9.17, 15) is 9.59 Å². The van der Waals surface area contributed by atoms with Gasteiger partial charge in [-0.05, 0) is 47.4 Å². The summed E-state index contributed by atoms with van der Waals surface area (Å²) >= 11 is 20.1. The third-order valence-electron chi connectivity index (χ3n) is 5.56.